The highest BCUT2D eigenvalue weighted by Gasteiger charge is 2.40. The van der Waals surface area contributed by atoms with Gasteiger partial charge in [0.15, 0.2) is 5.11 Å². The average Bonchev–Trinajstić information content (AvgIpc) is 3.38. The molecule has 9 heteroatoms. The van der Waals surface area contributed by atoms with Crippen molar-refractivity contribution < 1.29 is 24.2 Å². The van der Waals surface area contributed by atoms with Crippen molar-refractivity contribution in [2.75, 3.05) is 6.54 Å². The molecule has 0 radical (unpaired) electrons. The first kappa shape index (κ1) is 20.5. The minimum Gasteiger partial charge on any atom is -0.478 e. The lowest BCUT2D eigenvalue weighted by molar-refractivity contribution is 0.0696. The van der Waals surface area contributed by atoms with Gasteiger partial charge >= 0.3 is 11.9 Å². The van der Waals surface area contributed by atoms with Crippen LogP contribution in [0.5, 0.6) is 0 Å². The van der Waals surface area contributed by atoms with Crippen molar-refractivity contribution in [2.45, 2.75) is 19.0 Å². The van der Waals surface area contributed by atoms with E-state index in [0.29, 0.717) is 28.7 Å². The van der Waals surface area contributed by atoms with Gasteiger partial charge in [-0.1, -0.05) is 6.07 Å². The van der Waals surface area contributed by atoms with E-state index in [9.17, 15) is 19.8 Å². The molecule has 0 saturated carbocycles. The fraction of sp³-hybridized carbons (Fsp3) is 0.182. The molecule has 1 fully saturated rings. The number of thiocarbonyl (C=S) groups is 1. The Bertz CT molecular complexity index is 1130. The lowest BCUT2D eigenvalue weighted by atomic mass is 10.0. The molecule has 0 bridgehead atoms. The number of carbonyl (C=O) groups is 2. The molecule has 0 amide bonds. The Labute approximate surface area is 183 Å². The van der Waals surface area contributed by atoms with Gasteiger partial charge in [0.1, 0.15) is 17.6 Å². The third-order valence-electron chi connectivity index (χ3n) is 5.17. The summed E-state index contributed by atoms with van der Waals surface area (Å²) in [6, 6.07) is 12.6. The predicted molar refractivity (Wildman–Crippen MR) is 116 cm³/mol. The smallest absolute Gasteiger partial charge is 0.335 e. The SMILES string of the molecule is CCN1C(=S)N[C@@H](c2ccccn2)[C@H]1c1ccc(-c2cc(C(=O)O)cc(C(=O)O)c2)o1. The van der Waals surface area contributed by atoms with Crippen LogP contribution in [-0.4, -0.2) is 43.7 Å². The first-order valence-electron chi connectivity index (χ1n) is 9.59. The molecule has 4 rings (SSSR count). The van der Waals surface area contributed by atoms with Gasteiger partial charge in [0.25, 0.3) is 0 Å². The zero-order chi connectivity index (χ0) is 22.1. The minimum atomic E-state index is -1.21. The number of hydrogen-bond acceptors (Lipinski definition) is 5. The first-order chi connectivity index (χ1) is 14.9. The number of rotatable bonds is 6. The largest absolute Gasteiger partial charge is 0.478 e. The zero-order valence-electron chi connectivity index (χ0n) is 16.5. The monoisotopic (exact) mass is 437 g/mol. The van der Waals surface area contributed by atoms with Crippen molar-refractivity contribution in [1.29, 1.82) is 0 Å². The molecule has 2 aromatic heterocycles. The van der Waals surface area contributed by atoms with Crippen LogP contribution in [0.2, 0.25) is 0 Å². The normalized spacial score (nSPS) is 18.1. The maximum absolute atomic E-state index is 11.4. The van der Waals surface area contributed by atoms with E-state index in [1.54, 1.807) is 18.3 Å². The van der Waals surface area contributed by atoms with Crippen LogP contribution in [-0.2, 0) is 0 Å². The molecule has 3 aromatic rings. The van der Waals surface area contributed by atoms with Crippen molar-refractivity contribution in [3.63, 3.8) is 0 Å². The summed E-state index contributed by atoms with van der Waals surface area (Å²) in [7, 11) is 0. The quantitative estimate of drug-likeness (QED) is 0.496. The van der Waals surface area contributed by atoms with Gasteiger partial charge in [-0.05, 0) is 61.6 Å². The summed E-state index contributed by atoms with van der Waals surface area (Å²) in [4.78, 5) is 29.3. The van der Waals surface area contributed by atoms with Crippen LogP contribution in [0, 0.1) is 0 Å². The number of nitrogens with zero attached hydrogens (tertiary/aromatic N) is 2. The van der Waals surface area contributed by atoms with Crippen LogP contribution in [0.1, 0.15) is 51.2 Å². The van der Waals surface area contributed by atoms with Gasteiger partial charge in [-0.3, -0.25) is 4.98 Å². The maximum Gasteiger partial charge on any atom is 0.335 e. The molecule has 158 valence electrons. The van der Waals surface area contributed by atoms with Gasteiger partial charge < -0.3 is 24.8 Å². The van der Waals surface area contributed by atoms with E-state index in [2.05, 4.69) is 10.3 Å². The van der Waals surface area contributed by atoms with Crippen LogP contribution < -0.4 is 5.32 Å². The Morgan fingerprint density at radius 3 is 2.42 bits per heavy atom. The Hall–Kier alpha value is -3.72. The summed E-state index contributed by atoms with van der Waals surface area (Å²) in [6.45, 7) is 2.63. The highest BCUT2D eigenvalue weighted by molar-refractivity contribution is 7.80. The summed E-state index contributed by atoms with van der Waals surface area (Å²) in [5.74, 6) is -1.45. The van der Waals surface area contributed by atoms with E-state index >= 15 is 0 Å². The second-order valence-electron chi connectivity index (χ2n) is 7.02. The van der Waals surface area contributed by atoms with Gasteiger partial charge in [0.2, 0.25) is 0 Å². The summed E-state index contributed by atoms with van der Waals surface area (Å²) in [6.07, 6.45) is 1.71. The summed E-state index contributed by atoms with van der Waals surface area (Å²) in [5, 5.41) is 22.6. The molecule has 1 saturated heterocycles. The molecule has 31 heavy (non-hydrogen) atoms. The van der Waals surface area contributed by atoms with Gasteiger partial charge in [0, 0.05) is 18.3 Å². The second-order valence-corrected chi connectivity index (χ2v) is 7.41. The van der Waals surface area contributed by atoms with E-state index in [4.69, 9.17) is 16.6 Å². The van der Waals surface area contributed by atoms with E-state index in [1.807, 2.05) is 30.0 Å². The van der Waals surface area contributed by atoms with Crippen LogP contribution in [0.4, 0.5) is 0 Å². The lowest BCUT2D eigenvalue weighted by Crippen LogP contribution is -2.29. The van der Waals surface area contributed by atoms with E-state index < -0.39 is 11.9 Å². The Morgan fingerprint density at radius 1 is 1.13 bits per heavy atom. The molecule has 0 spiro atoms. The molecule has 3 N–H and O–H groups in total. The third-order valence-corrected chi connectivity index (χ3v) is 5.52. The molecule has 2 atom stereocenters. The lowest BCUT2D eigenvalue weighted by Gasteiger charge is -2.24. The van der Waals surface area contributed by atoms with Crippen molar-refractivity contribution >= 4 is 29.3 Å². The van der Waals surface area contributed by atoms with Crippen molar-refractivity contribution in [3.8, 4) is 11.3 Å². The summed E-state index contributed by atoms with van der Waals surface area (Å²) < 4.78 is 6.10. The van der Waals surface area contributed by atoms with E-state index in [1.165, 1.54) is 12.1 Å². The summed E-state index contributed by atoms with van der Waals surface area (Å²) >= 11 is 5.50. The molecule has 3 heterocycles. The molecule has 0 aliphatic carbocycles. The number of benzene rings is 1. The number of nitrogens with one attached hydrogen (secondary N) is 1. The average molecular weight is 437 g/mol. The molecular weight excluding hydrogens is 418 g/mol. The number of furan rings is 1. The number of carboxylic acid groups (broad SMARTS) is 2. The minimum absolute atomic E-state index is 0.127. The molecule has 1 aliphatic rings. The van der Waals surface area contributed by atoms with E-state index in [0.717, 1.165) is 11.8 Å². The zero-order valence-corrected chi connectivity index (χ0v) is 17.3. The Morgan fingerprint density at radius 2 is 1.84 bits per heavy atom. The summed E-state index contributed by atoms with van der Waals surface area (Å²) in [5.41, 5.74) is 0.926. The second kappa shape index (κ2) is 8.19. The Balaban J connectivity index is 1.76. The van der Waals surface area contributed by atoms with Gasteiger partial charge in [-0.25, -0.2) is 9.59 Å². The van der Waals surface area contributed by atoms with Gasteiger partial charge in [0.05, 0.1) is 22.9 Å². The third kappa shape index (κ3) is 3.87. The molecular formula is C22H19N3O5S. The van der Waals surface area contributed by atoms with Gasteiger partial charge in [-0.2, -0.15) is 0 Å². The standard InChI is InChI=1S/C22H19N3O5S/c1-2-25-19(18(24-22(25)31)15-5-3-4-8-23-15)17-7-6-16(30-17)12-9-13(20(26)27)11-14(10-12)21(28)29/h3-11,18-19H,2H2,1H3,(H,24,31)(H,26,27)(H,28,29)/t18-,19+/m0/s1. The highest BCUT2D eigenvalue weighted by Crippen LogP contribution is 2.40. The molecule has 1 aromatic carbocycles. The van der Waals surface area contributed by atoms with Gasteiger partial charge in [-0.15, -0.1) is 0 Å². The molecule has 1 aliphatic heterocycles. The number of aromatic nitrogens is 1. The predicted octanol–water partition coefficient (Wildman–Crippen LogP) is 3.73. The number of hydrogen-bond donors (Lipinski definition) is 3. The first-order valence-corrected chi connectivity index (χ1v) is 9.99. The van der Waals surface area contributed by atoms with Crippen LogP contribution >= 0.6 is 12.2 Å². The number of likely N-dealkylation sites (N-methyl/N-ethyl adjacent to an activating group) is 1. The fourth-order valence-corrected chi connectivity index (χ4v) is 4.11. The maximum atomic E-state index is 11.4. The van der Waals surface area contributed by atoms with Crippen molar-refractivity contribution in [1.82, 2.24) is 15.2 Å². The fourth-order valence-electron chi connectivity index (χ4n) is 3.74. The van der Waals surface area contributed by atoms with Crippen molar-refractivity contribution in [3.05, 3.63) is 77.3 Å². The van der Waals surface area contributed by atoms with Crippen LogP contribution in [0.3, 0.4) is 0 Å². The molecule has 0 unspecified atom stereocenters. The molecule has 8 nitrogen and oxygen atoms in total. The van der Waals surface area contributed by atoms with Crippen LogP contribution in [0.15, 0.2) is 59.1 Å². The number of pyridine rings is 1. The highest BCUT2D eigenvalue weighted by atomic mass is 32.1. The number of carboxylic acids is 2. The number of aromatic carboxylic acids is 2. The topological polar surface area (TPSA) is 116 Å². The Kier molecular flexibility index (Phi) is 5.43. The van der Waals surface area contributed by atoms with Crippen LogP contribution in [0.25, 0.3) is 11.3 Å². The van der Waals surface area contributed by atoms with E-state index in [-0.39, 0.29) is 23.2 Å². The van der Waals surface area contributed by atoms with Crippen molar-refractivity contribution in [2.24, 2.45) is 0 Å².